The van der Waals surface area contributed by atoms with E-state index in [1.165, 1.54) is 12.8 Å². The van der Waals surface area contributed by atoms with Gasteiger partial charge in [-0.05, 0) is 6.42 Å². The number of rotatable bonds is 6. The van der Waals surface area contributed by atoms with Gasteiger partial charge in [-0.2, -0.15) is 11.8 Å². The molecule has 1 N–H and O–H groups in total. The van der Waals surface area contributed by atoms with Crippen molar-refractivity contribution in [2.75, 3.05) is 24.7 Å². The maximum absolute atomic E-state index is 11.5. The molecular formula is C11H21NO2S. The second kappa shape index (κ2) is 7.99. The van der Waals surface area contributed by atoms with Crippen molar-refractivity contribution in [3.05, 3.63) is 0 Å². The maximum atomic E-state index is 11.5. The molecule has 0 spiro atoms. The highest BCUT2D eigenvalue weighted by molar-refractivity contribution is 7.99. The molecular weight excluding hydrogens is 210 g/mol. The largest absolute Gasteiger partial charge is 0.465 e. The molecule has 1 fully saturated rings. The van der Waals surface area contributed by atoms with E-state index in [9.17, 15) is 4.79 Å². The van der Waals surface area contributed by atoms with Gasteiger partial charge in [-0.3, -0.25) is 4.79 Å². The molecule has 0 aliphatic carbocycles. The monoisotopic (exact) mass is 231 g/mol. The van der Waals surface area contributed by atoms with Gasteiger partial charge >= 0.3 is 5.97 Å². The standard InChI is InChI=1S/C11H21NO2S/c1-2-3-4-5-7-14-11(13)10-9-15-8-6-12-10/h10,12H,2-9H2,1H3. The number of nitrogens with one attached hydrogen (secondary N) is 1. The summed E-state index contributed by atoms with van der Waals surface area (Å²) in [6, 6.07) is -0.0741. The van der Waals surface area contributed by atoms with Gasteiger partial charge < -0.3 is 10.1 Å². The van der Waals surface area contributed by atoms with E-state index in [0.717, 1.165) is 30.9 Å². The third-order valence-corrected chi connectivity index (χ3v) is 3.51. The summed E-state index contributed by atoms with van der Waals surface area (Å²) >= 11 is 1.82. The Morgan fingerprint density at radius 2 is 2.33 bits per heavy atom. The summed E-state index contributed by atoms with van der Waals surface area (Å²) in [6.07, 6.45) is 4.61. The lowest BCUT2D eigenvalue weighted by Gasteiger charge is -2.21. The molecule has 0 aromatic carbocycles. The number of ether oxygens (including phenoxy) is 1. The number of hydrogen-bond donors (Lipinski definition) is 1. The topological polar surface area (TPSA) is 38.3 Å². The minimum Gasteiger partial charge on any atom is -0.465 e. The van der Waals surface area contributed by atoms with Gasteiger partial charge in [-0.1, -0.05) is 26.2 Å². The van der Waals surface area contributed by atoms with Crippen molar-refractivity contribution < 1.29 is 9.53 Å². The van der Waals surface area contributed by atoms with Gasteiger partial charge in [0.15, 0.2) is 0 Å². The Balaban J connectivity index is 2.02. The van der Waals surface area contributed by atoms with Gasteiger partial charge in [0.25, 0.3) is 0 Å². The van der Waals surface area contributed by atoms with E-state index in [4.69, 9.17) is 4.74 Å². The van der Waals surface area contributed by atoms with Crippen molar-refractivity contribution in [2.24, 2.45) is 0 Å². The van der Waals surface area contributed by atoms with Crippen molar-refractivity contribution in [3.63, 3.8) is 0 Å². The number of carbonyl (C=O) groups is 1. The van der Waals surface area contributed by atoms with Crippen LogP contribution in [0.15, 0.2) is 0 Å². The van der Waals surface area contributed by atoms with E-state index >= 15 is 0 Å². The lowest BCUT2D eigenvalue weighted by Crippen LogP contribution is -2.44. The third kappa shape index (κ3) is 5.42. The first-order valence-corrected chi connectivity index (χ1v) is 6.98. The summed E-state index contributed by atoms with van der Waals surface area (Å²) in [5.41, 5.74) is 0. The third-order valence-electron chi connectivity index (χ3n) is 2.45. The molecule has 0 saturated carbocycles. The zero-order valence-electron chi connectivity index (χ0n) is 9.46. The molecule has 0 aromatic rings. The van der Waals surface area contributed by atoms with Gasteiger partial charge in [0, 0.05) is 18.1 Å². The van der Waals surface area contributed by atoms with Crippen LogP contribution < -0.4 is 5.32 Å². The molecule has 0 amide bonds. The number of unbranched alkanes of at least 4 members (excludes halogenated alkanes) is 3. The SMILES string of the molecule is CCCCCCOC(=O)C1CSCCN1. The van der Waals surface area contributed by atoms with Crippen molar-refractivity contribution >= 4 is 17.7 Å². The Hall–Kier alpha value is -0.220. The van der Waals surface area contributed by atoms with Crippen molar-refractivity contribution in [1.82, 2.24) is 5.32 Å². The normalized spacial score (nSPS) is 21.3. The van der Waals surface area contributed by atoms with E-state index in [1.54, 1.807) is 0 Å². The number of carbonyl (C=O) groups excluding carboxylic acids is 1. The molecule has 88 valence electrons. The molecule has 1 rings (SSSR count). The van der Waals surface area contributed by atoms with Crippen LogP contribution in [0.3, 0.4) is 0 Å². The number of esters is 1. The first-order chi connectivity index (χ1) is 7.34. The molecule has 0 bridgehead atoms. The van der Waals surface area contributed by atoms with Crippen molar-refractivity contribution in [2.45, 2.75) is 38.6 Å². The molecule has 4 heteroatoms. The van der Waals surface area contributed by atoms with Gasteiger partial charge in [-0.25, -0.2) is 0 Å². The van der Waals surface area contributed by atoms with Crippen LogP contribution >= 0.6 is 11.8 Å². The van der Waals surface area contributed by atoms with Crippen LogP contribution in [0.5, 0.6) is 0 Å². The average Bonchev–Trinajstić information content (AvgIpc) is 2.30. The molecule has 1 unspecified atom stereocenters. The fourth-order valence-electron chi connectivity index (χ4n) is 1.52. The highest BCUT2D eigenvalue weighted by atomic mass is 32.2. The van der Waals surface area contributed by atoms with Gasteiger partial charge in [-0.15, -0.1) is 0 Å². The minimum atomic E-state index is -0.0741. The molecule has 1 atom stereocenters. The maximum Gasteiger partial charge on any atom is 0.323 e. The lowest BCUT2D eigenvalue weighted by atomic mass is 10.2. The molecule has 0 aromatic heterocycles. The molecule has 1 saturated heterocycles. The molecule has 0 radical (unpaired) electrons. The summed E-state index contributed by atoms with van der Waals surface area (Å²) in [5, 5.41) is 3.18. The number of thioether (sulfide) groups is 1. The van der Waals surface area contributed by atoms with Crippen LogP contribution in [-0.4, -0.2) is 36.7 Å². The van der Waals surface area contributed by atoms with Crippen molar-refractivity contribution in [3.8, 4) is 0 Å². The van der Waals surface area contributed by atoms with E-state index < -0.39 is 0 Å². The van der Waals surface area contributed by atoms with Gasteiger partial charge in [0.2, 0.25) is 0 Å². The zero-order chi connectivity index (χ0) is 10.9. The van der Waals surface area contributed by atoms with Crippen molar-refractivity contribution in [1.29, 1.82) is 0 Å². The Morgan fingerprint density at radius 1 is 1.47 bits per heavy atom. The summed E-state index contributed by atoms with van der Waals surface area (Å²) in [7, 11) is 0. The quantitative estimate of drug-likeness (QED) is 0.559. The van der Waals surface area contributed by atoms with E-state index in [-0.39, 0.29) is 12.0 Å². The zero-order valence-corrected chi connectivity index (χ0v) is 10.3. The fraction of sp³-hybridized carbons (Fsp3) is 0.909. The van der Waals surface area contributed by atoms with Crippen LogP contribution in [0.25, 0.3) is 0 Å². The Kier molecular flexibility index (Phi) is 6.85. The van der Waals surface area contributed by atoms with Gasteiger partial charge in [0.1, 0.15) is 6.04 Å². The molecule has 1 heterocycles. The second-order valence-electron chi connectivity index (χ2n) is 3.81. The number of hydrogen-bond acceptors (Lipinski definition) is 4. The average molecular weight is 231 g/mol. The summed E-state index contributed by atoms with van der Waals surface area (Å²) < 4.78 is 5.21. The first-order valence-electron chi connectivity index (χ1n) is 5.82. The predicted octanol–water partition coefficient (Wildman–Crippen LogP) is 1.81. The highest BCUT2D eigenvalue weighted by Gasteiger charge is 2.21. The summed E-state index contributed by atoms with van der Waals surface area (Å²) in [5.74, 6) is 1.88. The summed E-state index contributed by atoms with van der Waals surface area (Å²) in [6.45, 7) is 3.68. The van der Waals surface area contributed by atoms with E-state index in [2.05, 4.69) is 12.2 Å². The second-order valence-corrected chi connectivity index (χ2v) is 4.96. The Morgan fingerprint density at radius 3 is 3.00 bits per heavy atom. The Labute approximate surface area is 96.3 Å². The predicted molar refractivity (Wildman–Crippen MR) is 64.2 cm³/mol. The molecule has 15 heavy (non-hydrogen) atoms. The lowest BCUT2D eigenvalue weighted by molar-refractivity contribution is -0.145. The summed E-state index contributed by atoms with van der Waals surface area (Å²) in [4.78, 5) is 11.5. The van der Waals surface area contributed by atoms with E-state index in [1.807, 2.05) is 11.8 Å². The first kappa shape index (κ1) is 12.8. The van der Waals surface area contributed by atoms with Crippen LogP contribution in [0.2, 0.25) is 0 Å². The minimum absolute atomic E-state index is 0.0706. The molecule has 3 nitrogen and oxygen atoms in total. The molecule has 1 aliphatic heterocycles. The van der Waals surface area contributed by atoms with Crippen LogP contribution in [-0.2, 0) is 9.53 Å². The Bertz CT molecular complexity index is 181. The van der Waals surface area contributed by atoms with Crippen LogP contribution in [0.1, 0.15) is 32.6 Å². The van der Waals surface area contributed by atoms with Gasteiger partial charge in [0.05, 0.1) is 6.61 Å². The van der Waals surface area contributed by atoms with Crippen LogP contribution in [0, 0.1) is 0 Å². The highest BCUT2D eigenvalue weighted by Crippen LogP contribution is 2.09. The van der Waals surface area contributed by atoms with E-state index in [0.29, 0.717) is 6.61 Å². The molecule has 1 aliphatic rings. The fourth-order valence-corrected chi connectivity index (χ4v) is 2.44. The van der Waals surface area contributed by atoms with Crippen LogP contribution in [0.4, 0.5) is 0 Å². The smallest absolute Gasteiger partial charge is 0.323 e.